The normalized spacial score (nSPS) is 10.2. The van der Waals surface area contributed by atoms with E-state index in [1.165, 1.54) is 12.1 Å². The van der Waals surface area contributed by atoms with Gasteiger partial charge in [-0.2, -0.15) is 10.2 Å². The summed E-state index contributed by atoms with van der Waals surface area (Å²) < 4.78 is 19.3. The van der Waals surface area contributed by atoms with Crippen LogP contribution in [0.2, 0.25) is 5.15 Å². The smallest absolute Gasteiger partial charge is 0.227 e. The van der Waals surface area contributed by atoms with Gasteiger partial charge in [0.05, 0.1) is 11.6 Å². The van der Waals surface area contributed by atoms with E-state index in [-0.39, 0.29) is 22.3 Å². The number of rotatable bonds is 4. The summed E-state index contributed by atoms with van der Waals surface area (Å²) >= 11 is 6.04. The molecule has 1 aromatic heterocycles. The lowest BCUT2D eigenvalue weighted by Gasteiger charge is -2.11. The Hall–Kier alpha value is -2.19. The number of nitriles is 1. The third-order valence-corrected chi connectivity index (χ3v) is 3.20. The maximum Gasteiger partial charge on any atom is 0.227 e. The van der Waals surface area contributed by atoms with Crippen molar-refractivity contribution in [1.29, 1.82) is 5.26 Å². The van der Waals surface area contributed by atoms with Gasteiger partial charge < -0.3 is 4.74 Å². The Balaban J connectivity index is 2.37. The van der Waals surface area contributed by atoms with Gasteiger partial charge in [-0.1, -0.05) is 18.5 Å². The molecule has 0 N–H and O–H groups in total. The molecule has 1 heterocycles. The van der Waals surface area contributed by atoms with E-state index in [4.69, 9.17) is 21.6 Å². The van der Waals surface area contributed by atoms with E-state index in [0.29, 0.717) is 17.8 Å². The highest BCUT2D eigenvalue weighted by atomic mass is 35.5. The Morgan fingerprint density at radius 3 is 2.76 bits per heavy atom. The Morgan fingerprint density at radius 2 is 2.14 bits per heavy atom. The molecular weight excluding hydrogens is 293 g/mol. The van der Waals surface area contributed by atoms with Gasteiger partial charge in [-0.3, -0.25) is 0 Å². The summed E-state index contributed by atoms with van der Waals surface area (Å²) in [5, 5.41) is 9.01. The molecule has 0 amide bonds. The van der Waals surface area contributed by atoms with Crippen molar-refractivity contribution in [3.05, 3.63) is 46.1 Å². The van der Waals surface area contributed by atoms with Gasteiger partial charge in [0.2, 0.25) is 5.88 Å². The van der Waals surface area contributed by atoms with Gasteiger partial charge in [0.15, 0.2) is 11.6 Å². The van der Waals surface area contributed by atoms with E-state index >= 15 is 0 Å². The van der Waals surface area contributed by atoms with Crippen LogP contribution in [0.5, 0.6) is 11.6 Å². The van der Waals surface area contributed by atoms with Gasteiger partial charge in [0.1, 0.15) is 11.0 Å². The maximum atomic E-state index is 13.9. The molecule has 0 radical (unpaired) electrons. The zero-order valence-electron chi connectivity index (χ0n) is 11.7. The second-order valence-corrected chi connectivity index (χ2v) is 4.83. The van der Waals surface area contributed by atoms with Crippen LogP contribution in [0.4, 0.5) is 4.39 Å². The average molecular weight is 306 g/mol. The topological polar surface area (TPSA) is 58.8 Å². The van der Waals surface area contributed by atoms with Crippen molar-refractivity contribution >= 4 is 11.6 Å². The number of nitrogens with zero attached hydrogens (tertiary/aromatic N) is 3. The Labute approximate surface area is 127 Å². The molecular formula is C15H13ClFN3O. The molecule has 0 atom stereocenters. The van der Waals surface area contributed by atoms with Crippen LogP contribution in [0.1, 0.15) is 30.3 Å². The van der Waals surface area contributed by atoms with Crippen LogP contribution in [0, 0.1) is 24.1 Å². The Morgan fingerprint density at radius 1 is 1.38 bits per heavy atom. The summed E-state index contributed by atoms with van der Waals surface area (Å²) in [6.45, 7) is 3.70. The highest BCUT2D eigenvalue weighted by Gasteiger charge is 2.13. The van der Waals surface area contributed by atoms with Crippen LogP contribution in [0.3, 0.4) is 0 Å². The van der Waals surface area contributed by atoms with Crippen LogP contribution >= 0.6 is 11.6 Å². The molecule has 0 saturated carbocycles. The predicted molar refractivity (Wildman–Crippen MR) is 77.0 cm³/mol. The lowest BCUT2D eigenvalue weighted by molar-refractivity contribution is 0.421. The SMILES string of the molecule is CCCc1nc(Cl)c(C)c(Oc2ccc(C#N)cc2F)n1. The third-order valence-electron chi connectivity index (χ3n) is 2.83. The van der Waals surface area contributed by atoms with Gasteiger partial charge in [0.25, 0.3) is 0 Å². The van der Waals surface area contributed by atoms with Gasteiger partial charge in [-0.25, -0.2) is 9.37 Å². The lowest BCUT2D eigenvalue weighted by Crippen LogP contribution is -2.01. The first kappa shape index (κ1) is 15.2. The Bertz CT molecular complexity index is 713. The predicted octanol–water partition coefficient (Wildman–Crippen LogP) is 4.19. The molecule has 4 nitrogen and oxygen atoms in total. The average Bonchev–Trinajstić information content (AvgIpc) is 2.46. The molecule has 0 aliphatic rings. The summed E-state index contributed by atoms with van der Waals surface area (Å²) in [5.74, 6) is 0.147. The van der Waals surface area contributed by atoms with E-state index in [0.717, 1.165) is 12.5 Å². The first-order chi connectivity index (χ1) is 10.0. The van der Waals surface area contributed by atoms with Gasteiger partial charge in [-0.15, -0.1) is 0 Å². The lowest BCUT2D eigenvalue weighted by atomic mass is 10.2. The van der Waals surface area contributed by atoms with E-state index in [9.17, 15) is 4.39 Å². The minimum atomic E-state index is -0.625. The van der Waals surface area contributed by atoms with Crippen molar-refractivity contribution in [3.63, 3.8) is 0 Å². The molecule has 6 heteroatoms. The number of hydrogen-bond acceptors (Lipinski definition) is 4. The zero-order chi connectivity index (χ0) is 15.4. The maximum absolute atomic E-state index is 13.9. The third kappa shape index (κ3) is 3.47. The fourth-order valence-corrected chi connectivity index (χ4v) is 1.88. The van der Waals surface area contributed by atoms with Crippen LogP contribution in [0.25, 0.3) is 0 Å². The highest BCUT2D eigenvalue weighted by Crippen LogP contribution is 2.29. The number of halogens is 2. The summed E-state index contributed by atoms with van der Waals surface area (Å²) in [6, 6.07) is 5.84. The molecule has 21 heavy (non-hydrogen) atoms. The number of aromatic nitrogens is 2. The van der Waals surface area contributed by atoms with Crippen molar-refractivity contribution in [2.45, 2.75) is 26.7 Å². The van der Waals surface area contributed by atoms with E-state index < -0.39 is 5.82 Å². The zero-order valence-corrected chi connectivity index (χ0v) is 12.4. The Kier molecular flexibility index (Phi) is 4.71. The fourth-order valence-electron chi connectivity index (χ4n) is 1.70. The second-order valence-electron chi connectivity index (χ2n) is 4.47. The van der Waals surface area contributed by atoms with Crippen molar-refractivity contribution in [3.8, 4) is 17.7 Å². The molecule has 0 aliphatic carbocycles. The van der Waals surface area contributed by atoms with E-state index in [1.54, 1.807) is 6.92 Å². The largest absolute Gasteiger partial charge is 0.435 e. The van der Waals surface area contributed by atoms with Crippen molar-refractivity contribution in [2.75, 3.05) is 0 Å². The fraction of sp³-hybridized carbons (Fsp3) is 0.267. The molecule has 108 valence electrons. The van der Waals surface area contributed by atoms with Crippen LogP contribution in [-0.2, 0) is 6.42 Å². The highest BCUT2D eigenvalue weighted by molar-refractivity contribution is 6.30. The minimum absolute atomic E-state index is 0.00526. The number of ether oxygens (including phenoxy) is 1. The van der Waals surface area contributed by atoms with Crippen molar-refractivity contribution in [1.82, 2.24) is 9.97 Å². The van der Waals surface area contributed by atoms with Gasteiger partial charge in [0, 0.05) is 12.0 Å². The monoisotopic (exact) mass is 305 g/mol. The van der Waals surface area contributed by atoms with Gasteiger partial charge in [-0.05, 0) is 31.5 Å². The standard InChI is InChI=1S/C15H13ClFN3O/c1-3-4-13-19-14(16)9(2)15(20-13)21-12-6-5-10(8-18)7-11(12)17/h5-7H,3-4H2,1-2H3. The minimum Gasteiger partial charge on any atom is -0.435 e. The first-order valence-electron chi connectivity index (χ1n) is 6.45. The molecule has 0 saturated heterocycles. The van der Waals surface area contributed by atoms with E-state index in [1.807, 2.05) is 13.0 Å². The molecule has 0 spiro atoms. The molecule has 2 aromatic rings. The number of hydrogen-bond donors (Lipinski definition) is 0. The molecule has 0 fully saturated rings. The quantitative estimate of drug-likeness (QED) is 0.795. The summed E-state index contributed by atoms with van der Waals surface area (Å²) in [7, 11) is 0. The summed E-state index contributed by atoms with van der Waals surface area (Å²) in [6.07, 6.45) is 1.52. The van der Waals surface area contributed by atoms with Crippen molar-refractivity contribution < 1.29 is 9.13 Å². The van der Waals surface area contributed by atoms with E-state index in [2.05, 4.69) is 9.97 Å². The summed E-state index contributed by atoms with van der Waals surface area (Å²) in [5.41, 5.74) is 0.768. The van der Waals surface area contributed by atoms with Crippen LogP contribution in [0.15, 0.2) is 18.2 Å². The molecule has 1 aromatic carbocycles. The number of benzene rings is 1. The second kappa shape index (κ2) is 6.51. The van der Waals surface area contributed by atoms with Gasteiger partial charge >= 0.3 is 0 Å². The number of aryl methyl sites for hydroxylation is 1. The molecule has 0 unspecified atom stereocenters. The van der Waals surface area contributed by atoms with Crippen LogP contribution in [-0.4, -0.2) is 9.97 Å². The van der Waals surface area contributed by atoms with Crippen molar-refractivity contribution in [2.24, 2.45) is 0 Å². The summed E-state index contributed by atoms with van der Waals surface area (Å²) in [4.78, 5) is 8.40. The molecule has 2 rings (SSSR count). The van der Waals surface area contributed by atoms with Crippen LogP contribution < -0.4 is 4.74 Å². The first-order valence-corrected chi connectivity index (χ1v) is 6.83. The molecule has 0 aliphatic heterocycles. The molecule has 0 bridgehead atoms.